The van der Waals surface area contributed by atoms with E-state index in [0.717, 1.165) is 29.4 Å². The molecule has 2 bridgehead atoms. The molecule has 2 aliphatic rings. The van der Waals surface area contributed by atoms with E-state index < -0.39 is 5.60 Å². The van der Waals surface area contributed by atoms with Crippen LogP contribution < -0.4 is 0 Å². The first-order valence-electron chi connectivity index (χ1n) is 7.81. The van der Waals surface area contributed by atoms with E-state index >= 15 is 0 Å². The lowest BCUT2D eigenvalue weighted by molar-refractivity contribution is -0.0874. The molecule has 4 rings (SSSR count). The Morgan fingerprint density at radius 2 is 1.76 bits per heavy atom. The van der Waals surface area contributed by atoms with Crippen LogP contribution in [0.15, 0.2) is 30.6 Å². The van der Waals surface area contributed by atoms with E-state index in [1.165, 1.54) is 19.3 Å². The fourth-order valence-electron chi connectivity index (χ4n) is 4.14. The Morgan fingerprint density at radius 3 is 2.48 bits per heavy atom. The first kappa shape index (κ1) is 13.2. The molecule has 0 spiro atoms. The van der Waals surface area contributed by atoms with Gasteiger partial charge >= 0.3 is 0 Å². The second-order valence-corrected chi connectivity index (χ2v) is 6.60. The fourth-order valence-corrected chi connectivity index (χ4v) is 4.14. The summed E-state index contributed by atoms with van der Waals surface area (Å²) in [4.78, 5) is 11.1. The van der Waals surface area contributed by atoms with Gasteiger partial charge in [0.05, 0.1) is 16.6 Å². The number of hydrogen-bond donors (Lipinski definition) is 1. The summed E-state index contributed by atoms with van der Waals surface area (Å²) in [6, 6.07) is 7.02. The second kappa shape index (κ2) is 4.75. The van der Waals surface area contributed by atoms with Crippen molar-refractivity contribution in [3.05, 3.63) is 36.2 Å². The van der Waals surface area contributed by atoms with Gasteiger partial charge in [-0.15, -0.1) is 0 Å². The third kappa shape index (κ3) is 2.14. The molecule has 1 aromatic carbocycles. The van der Waals surface area contributed by atoms with Crippen molar-refractivity contribution in [2.75, 3.05) is 7.05 Å². The van der Waals surface area contributed by atoms with Crippen LogP contribution in [0.5, 0.6) is 0 Å². The molecular weight excluding hydrogens is 262 g/mol. The van der Waals surface area contributed by atoms with Crippen molar-refractivity contribution >= 4 is 11.0 Å². The van der Waals surface area contributed by atoms with Crippen molar-refractivity contribution < 1.29 is 5.11 Å². The van der Waals surface area contributed by atoms with Gasteiger partial charge in [-0.3, -0.25) is 9.97 Å². The van der Waals surface area contributed by atoms with E-state index in [0.29, 0.717) is 12.1 Å². The van der Waals surface area contributed by atoms with Crippen LogP contribution in [0.1, 0.15) is 37.7 Å². The highest BCUT2D eigenvalue weighted by molar-refractivity contribution is 5.74. The van der Waals surface area contributed by atoms with Crippen LogP contribution in [0.25, 0.3) is 11.0 Å². The quantitative estimate of drug-likeness (QED) is 0.873. The Morgan fingerprint density at radius 1 is 1.10 bits per heavy atom. The smallest absolute Gasteiger partial charge is 0.0927 e. The number of aromatic nitrogens is 2. The van der Waals surface area contributed by atoms with Crippen molar-refractivity contribution in [3.8, 4) is 0 Å². The number of aliphatic hydroxyl groups is 1. The number of rotatable bonds is 1. The molecule has 3 heterocycles. The van der Waals surface area contributed by atoms with Gasteiger partial charge in [-0.2, -0.15) is 0 Å². The maximum atomic E-state index is 11.3. The normalized spacial score (nSPS) is 33.2. The molecule has 0 amide bonds. The van der Waals surface area contributed by atoms with Gasteiger partial charge in [-0.1, -0.05) is 12.5 Å². The SMILES string of the molecule is CN1C2CCCC1CC(O)(c1ccc3nccnc3c1)C2. The molecule has 110 valence electrons. The van der Waals surface area contributed by atoms with Gasteiger partial charge in [-0.05, 0) is 50.4 Å². The predicted molar refractivity (Wildman–Crippen MR) is 81.9 cm³/mol. The van der Waals surface area contributed by atoms with E-state index in [1.54, 1.807) is 12.4 Å². The summed E-state index contributed by atoms with van der Waals surface area (Å²) in [5, 5.41) is 11.3. The highest BCUT2D eigenvalue weighted by Gasteiger charge is 2.44. The molecule has 2 aliphatic heterocycles. The molecule has 1 N–H and O–H groups in total. The summed E-state index contributed by atoms with van der Waals surface area (Å²) >= 11 is 0. The minimum Gasteiger partial charge on any atom is -0.385 e. The first-order valence-corrected chi connectivity index (χ1v) is 7.81. The van der Waals surface area contributed by atoms with Crippen LogP contribution in [0, 0.1) is 0 Å². The Balaban J connectivity index is 1.73. The molecule has 2 atom stereocenters. The third-order valence-corrected chi connectivity index (χ3v) is 5.38. The average Bonchev–Trinajstić information content (AvgIpc) is 2.49. The molecular formula is C17H21N3O. The van der Waals surface area contributed by atoms with E-state index in [-0.39, 0.29) is 0 Å². The number of fused-ring (bicyclic) bond motifs is 3. The third-order valence-electron chi connectivity index (χ3n) is 5.38. The number of nitrogens with zero attached hydrogens (tertiary/aromatic N) is 3. The molecule has 2 aromatic rings. The van der Waals surface area contributed by atoms with E-state index in [2.05, 4.69) is 21.9 Å². The van der Waals surface area contributed by atoms with Gasteiger partial charge in [0.2, 0.25) is 0 Å². The fraction of sp³-hybridized carbons (Fsp3) is 0.529. The Hall–Kier alpha value is -1.52. The minimum atomic E-state index is -0.714. The largest absolute Gasteiger partial charge is 0.385 e. The van der Waals surface area contributed by atoms with Crippen LogP contribution >= 0.6 is 0 Å². The lowest BCUT2D eigenvalue weighted by Crippen LogP contribution is -2.55. The predicted octanol–water partition coefficient (Wildman–Crippen LogP) is 2.46. The highest BCUT2D eigenvalue weighted by atomic mass is 16.3. The van der Waals surface area contributed by atoms with Gasteiger partial charge in [0.1, 0.15) is 0 Å². The van der Waals surface area contributed by atoms with Gasteiger partial charge < -0.3 is 10.0 Å². The van der Waals surface area contributed by atoms with Crippen molar-refractivity contribution in [2.45, 2.75) is 49.8 Å². The first-order chi connectivity index (χ1) is 10.2. The van der Waals surface area contributed by atoms with Crippen LogP contribution in [-0.4, -0.2) is 39.1 Å². The van der Waals surface area contributed by atoms with E-state index in [1.807, 2.05) is 18.2 Å². The maximum Gasteiger partial charge on any atom is 0.0927 e. The van der Waals surface area contributed by atoms with Crippen LogP contribution in [-0.2, 0) is 5.60 Å². The van der Waals surface area contributed by atoms with Crippen molar-refractivity contribution in [1.29, 1.82) is 0 Å². The summed E-state index contributed by atoms with van der Waals surface area (Å²) < 4.78 is 0. The van der Waals surface area contributed by atoms with Crippen LogP contribution in [0.3, 0.4) is 0 Å². The zero-order valence-electron chi connectivity index (χ0n) is 12.4. The van der Waals surface area contributed by atoms with Crippen LogP contribution in [0.2, 0.25) is 0 Å². The van der Waals surface area contributed by atoms with E-state index in [9.17, 15) is 5.11 Å². The van der Waals surface area contributed by atoms with Crippen LogP contribution in [0.4, 0.5) is 0 Å². The zero-order valence-corrected chi connectivity index (χ0v) is 12.4. The topological polar surface area (TPSA) is 49.2 Å². The summed E-state index contributed by atoms with van der Waals surface area (Å²) in [5.74, 6) is 0. The Labute approximate surface area is 124 Å². The van der Waals surface area contributed by atoms with Gasteiger partial charge in [0.25, 0.3) is 0 Å². The number of hydrogen-bond acceptors (Lipinski definition) is 4. The Bertz CT molecular complexity index is 658. The maximum absolute atomic E-state index is 11.3. The van der Waals surface area contributed by atoms with Crippen molar-refractivity contribution in [1.82, 2.24) is 14.9 Å². The molecule has 1 aromatic heterocycles. The molecule has 21 heavy (non-hydrogen) atoms. The molecule has 2 saturated heterocycles. The molecule has 2 unspecified atom stereocenters. The lowest BCUT2D eigenvalue weighted by Gasteiger charge is -2.50. The molecule has 4 nitrogen and oxygen atoms in total. The molecule has 2 fully saturated rings. The lowest BCUT2D eigenvalue weighted by atomic mass is 9.73. The second-order valence-electron chi connectivity index (χ2n) is 6.60. The molecule has 0 aliphatic carbocycles. The summed E-state index contributed by atoms with van der Waals surface area (Å²) in [7, 11) is 2.21. The van der Waals surface area contributed by atoms with Gasteiger partial charge in [-0.25, -0.2) is 0 Å². The average molecular weight is 283 g/mol. The minimum absolute atomic E-state index is 0.500. The Kier molecular flexibility index (Phi) is 2.98. The summed E-state index contributed by atoms with van der Waals surface area (Å²) in [6.45, 7) is 0. The summed E-state index contributed by atoms with van der Waals surface area (Å²) in [6.07, 6.45) is 8.75. The molecule has 4 heteroatoms. The molecule has 0 radical (unpaired) electrons. The number of piperidine rings is 2. The molecule has 0 saturated carbocycles. The number of benzene rings is 1. The van der Waals surface area contributed by atoms with Gasteiger partial charge in [0.15, 0.2) is 0 Å². The highest BCUT2D eigenvalue weighted by Crippen LogP contribution is 2.43. The standard InChI is InChI=1S/C17H21N3O/c1-20-13-3-2-4-14(20)11-17(21,10-13)12-5-6-15-16(9-12)19-8-7-18-15/h5-9,13-14,21H,2-4,10-11H2,1H3. The van der Waals surface area contributed by atoms with Crippen molar-refractivity contribution in [2.24, 2.45) is 0 Å². The van der Waals surface area contributed by atoms with Gasteiger partial charge in [0, 0.05) is 24.5 Å². The van der Waals surface area contributed by atoms with Crippen molar-refractivity contribution in [3.63, 3.8) is 0 Å². The van der Waals surface area contributed by atoms with E-state index in [4.69, 9.17) is 0 Å². The monoisotopic (exact) mass is 283 g/mol. The zero-order chi connectivity index (χ0) is 14.4. The summed E-state index contributed by atoms with van der Waals surface area (Å²) in [5.41, 5.74) is 2.04.